The number of hydrogen-bond acceptors (Lipinski definition) is 7. The molecule has 1 atom stereocenters. The summed E-state index contributed by atoms with van der Waals surface area (Å²) < 4.78 is 9.23. The van der Waals surface area contributed by atoms with Crippen molar-refractivity contribution < 1.29 is 9.66 Å². The van der Waals surface area contributed by atoms with Crippen LogP contribution >= 0.6 is 11.8 Å². The molecular formula is C17H18N6O3S. The molecule has 0 N–H and O–H groups in total. The molecule has 0 amide bonds. The predicted octanol–water partition coefficient (Wildman–Crippen LogP) is 2.83. The number of imidazole rings is 1. The molecule has 1 aliphatic heterocycles. The Kier molecular flexibility index (Phi) is 4.34. The molecule has 27 heavy (non-hydrogen) atoms. The summed E-state index contributed by atoms with van der Waals surface area (Å²) in [4.78, 5) is 15.3. The minimum absolute atomic E-state index is 0.205. The molecule has 3 aromatic rings. The highest BCUT2D eigenvalue weighted by atomic mass is 32.2. The molecular weight excluding hydrogens is 368 g/mol. The van der Waals surface area contributed by atoms with E-state index in [0.29, 0.717) is 13.1 Å². The van der Waals surface area contributed by atoms with Gasteiger partial charge in [-0.1, -0.05) is 22.9 Å². The van der Waals surface area contributed by atoms with E-state index in [1.165, 1.54) is 16.7 Å². The first-order chi connectivity index (χ1) is 12.9. The lowest BCUT2D eigenvalue weighted by Gasteiger charge is -2.21. The summed E-state index contributed by atoms with van der Waals surface area (Å²) >= 11 is 1.71. The van der Waals surface area contributed by atoms with Crippen LogP contribution in [0.1, 0.15) is 18.2 Å². The Balaban J connectivity index is 1.37. The van der Waals surface area contributed by atoms with E-state index in [4.69, 9.17) is 4.74 Å². The van der Waals surface area contributed by atoms with Crippen molar-refractivity contribution in [1.29, 1.82) is 0 Å². The van der Waals surface area contributed by atoms with Crippen LogP contribution in [0.4, 0.5) is 5.82 Å². The van der Waals surface area contributed by atoms with Gasteiger partial charge in [-0.25, -0.2) is 4.68 Å². The molecule has 2 aromatic heterocycles. The average molecular weight is 386 g/mol. The number of nitrogens with zero attached hydrogens (tertiary/aromatic N) is 6. The third-order valence-electron chi connectivity index (χ3n) is 4.25. The summed E-state index contributed by atoms with van der Waals surface area (Å²) in [5, 5.41) is 19.2. The van der Waals surface area contributed by atoms with E-state index in [9.17, 15) is 10.1 Å². The minimum Gasteiger partial charge on any atom is -0.436 e. The number of ether oxygens (including phenoxy) is 1. The molecule has 0 bridgehead atoms. The molecule has 4 rings (SSSR count). The van der Waals surface area contributed by atoms with Gasteiger partial charge in [-0.2, -0.15) is 0 Å². The predicted molar refractivity (Wildman–Crippen MR) is 98.7 cm³/mol. The molecule has 0 fully saturated rings. The van der Waals surface area contributed by atoms with Crippen LogP contribution in [0.15, 0.2) is 41.6 Å². The van der Waals surface area contributed by atoms with Gasteiger partial charge in [0.05, 0.1) is 18.8 Å². The summed E-state index contributed by atoms with van der Waals surface area (Å²) in [5.74, 6) is 0.525. The Bertz CT molecular complexity index is 957. The fourth-order valence-corrected chi connectivity index (χ4v) is 3.76. The van der Waals surface area contributed by atoms with Crippen LogP contribution < -0.4 is 4.74 Å². The second-order valence-electron chi connectivity index (χ2n) is 6.83. The summed E-state index contributed by atoms with van der Waals surface area (Å²) in [6.45, 7) is 4.94. The lowest BCUT2D eigenvalue weighted by molar-refractivity contribution is -0.389. The van der Waals surface area contributed by atoms with Crippen molar-refractivity contribution in [3.05, 3.63) is 58.0 Å². The Labute approximate surface area is 159 Å². The van der Waals surface area contributed by atoms with E-state index in [1.54, 1.807) is 21.0 Å². The molecule has 140 valence electrons. The molecule has 0 aliphatic carbocycles. The van der Waals surface area contributed by atoms with Crippen molar-refractivity contribution in [2.45, 2.75) is 43.2 Å². The van der Waals surface area contributed by atoms with Gasteiger partial charge in [-0.15, -0.1) is 16.9 Å². The second-order valence-corrected chi connectivity index (χ2v) is 7.88. The van der Waals surface area contributed by atoms with Crippen molar-refractivity contribution in [3.63, 3.8) is 0 Å². The molecule has 1 aliphatic rings. The van der Waals surface area contributed by atoms with Gasteiger partial charge in [-0.3, -0.25) is 4.57 Å². The highest BCUT2D eigenvalue weighted by molar-refractivity contribution is 7.98. The molecule has 0 spiro atoms. The first kappa shape index (κ1) is 17.5. The molecule has 10 heteroatoms. The zero-order valence-electron chi connectivity index (χ0n) is 14.9. The average Bonchev–Trinajstić information content (AvgIpc) is 3.28. The third-order valence-corrected chi connectivity index (χ3v) is 5.29. The molecule has 1 aromatic carbocycles. The Hall–Kier alpha value is -2.88. The monoisotopic (exact) mass is 386 g/mol. The smallest absolute Gasteiger partial charge is 0.415 e. The number of hydrogen-bond donors (Lipinski definition) is 0. The third kappa shape index (κ3) is 3.80. The van der Waals surface area contributed by atoms with Gasteiger partial charge in [0.25, 0.3) is 0 Å². The number of benzene rings is 1. The maximum absolute atomic E-state index is 10.8. The van der Waals surface area contributed by atoms with Gasteiger partial charge in [0.2, 0.25) is 0 Å². The number of aromatic nitrogens is 5. The largest absolute Gasteiger partial charge is 0.436 e. The van der Waals surface area contributed by atoms with Gasteiger partial charge >= 0.3 is 11.8 Å². The van der Waals surface area contributed by atoms with Crippen LogP contribution in [0.25, 0.3) is 0 Å². The summed E-state index contributed by atoms with van der Waals surface area (Å²) in [5.41, 5.74) is 1.54. The highest BCUT2D eigenvalue weighted by Crippen LogP contribution is 2.32. The first-order valence-corrected chi connectivity index (χ1v) is 9.38. The van der Waals surface area contributed by atoms with Crippen molar-refractivity contribution in [3.8, 4) is 6.01 Å². The van der Waals surface area contributed by atoms with Crippen LogP contribution in [-0.4, -0.2) is 35.1 Å². The van der Waals surface area contributed by atoms with Crippen LogP contribution in [0.3, 0.4) is 0 Å². The van der Waals surface area contributed by atoms with Crippen LogP contribution in [0, 0.1) is 17.0 Å². The maximum Gasteiger partial charge on any atom is 0.415 e. The van der Waals surface area contributed by atoms with Crippen molar-refractivity contribution in [2.75, 3.05) is 0 Å². The maximum atomic E-state index is 10.8. The highest BCUT2D eigenvalue weighted by Gasteiger charge is 2.40. The zero-order chi connectivity index (χ0) is 19.0. The summed E-state index contributed by atoms with van der Waals surface area (Å²) in [7, 11) is 0. The van der Waals surface area contributed by atoms with Gasteiger partial charge < -0.3 is 14.9 Å². The normalized spacial score (nSPS) is 18.3. The van der Waals surface area contributed by atoms with Gasteiger partial charge in [0.1, 0.15) is 11.8 Å². The summed E-state index contributed by atoms with van der Waals surface area (Å²) in [6, 6.07) is 8.63. The Morgan fingerprint density at radius 1 is 1.33 bits per heavy atom. The van der Waals surface area contributed by atoms with Gasteiger partial charge in [-0.05, 0) is 30.9 Å². The molecule has 0 saturated heterocycles. The quantitative estimate of drug-likeness (QED) is 0.365. The van der Waals surface area contributed by atoms with E-state index < -0.39 is 10.5 Å². The first-order valence-electron chi connectivity index (χ1n) is 8.39. The molecule has 0 unspecified atom stereocenters. The standard InChI is InChI=1S/C17H18N6O3S/c1-12-3-5-14(6-4-12)27-9-13-7-22(20-19-13)11-17(2)10-21-8-15(23(24)25)18-16(21)26-17/h3-8H,9-11H2,1-2H3/t17-/m1/s1. The van der Waals surface area contributed by atoms with Crippen LogP contribution in [0.5, 0.6) is 6.01 Å². The van der Waals surface area contributed by atoms with Crippen LogP contribution in [-0.2, 0) is 18.8 Å². The van der Waals surface area contributed by atoms with Gasteiger partial charge in [0.15, 0.2) is 0 Å². The van der Waals surface area contributed by atoms with E-state index in [-0.39, 0.29) is 11.8 Å². The zero-order valence-corrected chi connectivity index (χ0v) is 15.7. The van der Waals surface area contributed by atoms with Crippen molar-refractivity contribution >= 4 is 17.6 Å². The minimum atomic E-state index is -0.577. The lowest BCUT2D eigenvalue weighted by atomic mass is 10.1. The molecule has 3 heterocycles. The number of nitro groups is 1. The second kappa shape index (κ2) is 6.69. The molecule has 9 nitrogen and oxygen atoms in total. The molecule has 0 saturated carbocycles. The van der Waals surface area contributed by atoms with Gasteiger partial charge in [0, 0.05) is 21.8 Å². The fourth-order valence-electron chi connectivity index (χ4n) is 2.98. The Morgan fingerprint density at radius 2 is 2.11 bits per heavy atom. The van der Waals surface area contributed by atoms with E-state index in [0.717, 1.165) is 11.4 Å². The number of rotatable bonds is 6. The number of aryl methyl sites for hydroxylation is 1. The number of fused-ring (bicyclic) bond motifs is 1. The topological polar surface area (TPSA) is 101 Å². The lowest BCUT2D eigenvalue weighted by Crippen LogP contribution is -2.36. The van der Waals surface area contributed by atoms with E-state index in [1.807, 2.05) is 13.1 Å². The molecule has 0 radical (unpaired) electrons. The SMILES string of the molecule is Cc1ccc(SCc2cn(C[C@@]3(C)Cn4cc([N+](=O)[O-])nc4O3)nn2)cc1. The summed E-state index contributed by atoms with van der Waals surface area (Å²) in [6.07, 6.45) is 3.30. The Morgan fingerprint density at radius 3 is 2.81 bits per heavy atom. The van der Waals surface area contributed by atoms with E-state index in [2.05, 4.69) is 46.5 Å². The van der Waals surface area contributed by atoms with E-state index >= 15 is 0 Å². The number of thioether (sulfide) groups is 1. The van der Waals surface area contributed by atoms with Crippen molar-refractivity contribution in [1.82, 2.24) is 24.5 Å². The fraction of sp³-hybridized carbons (Fsp3) is 0.353. The van der Waals surface area contributed by atoms with Crippen LogP contribution in [0.2, 0.25) is 0 Å². The van der Waals surface area contributed by atoms with Crippen molar-refractivity contribution in [2.24, 2.45) is 0 Å².